The highest BCUT2D eigenvalue weighted by molar-refractivity contribution is 6.06. The Balaban J connectivity index is 1.18. The zero-order chi connectivity index (χ0) is 32.7. The summed E-state index contributed by atoms with van der Waals surface area (Å²) < 4.78 is 59.0. The van der Waals surface area contributed by atoms with E-state index in [-0.39, 0.29) is 57.5 Å². The highest BCUT2D eigenvalue weighted by atomic mass is 19.1. The van der Waals surface area contributed by atoms with Crippen molar-refractivity contribution >= 4 is 27.5 Å². The molecule has 3 aromatic carbocycles. The number of phenols is 1. The van der Waals surface area contributed by atoms with Crippen LogP contribution in [-0.2, 0) is 0 Å². The summed E-state index contributed by atoms with van der Waals surface area (Å²) in [4.78, 5) is 14.0. The first-order valence-corrected chi connectivity index (χ1v) is 16.9. The molecule has 2 bridgehead atoms. The summed E-state index contributed by atoms with van der Waals surface area (Å²) in [7, 11) is 0. The number of phenolic OH excluding ortho intramolecular Hbond substituents is 1. The van der Waals surface area contributed by atoms with Crippen LogP contribution in [-0.4, -0.2) is 83.7 Å². The van der Waals surface area contributed by atoms with Crippen LogP contribution >= 0.6 is 0 Å². The summed E-state index contributed by atoms with van der Waals surface area (Å²) in [5, 5.41) is 15.6. The van der Waals surface area contributed by atoms with Crippen LogP contribution in [0, 0.1) is 29.4 Å². The van der Waals surface area contributed by atoms with E-state index in [1.165, 1.54) is 24.3 Å². The van der Waals surface area contributed by atoms with Gasteiger partial charge >= 0.3 is 6.01 Å². The molecule has 9 rings (SSSR count). The summed E-state index contributed by atoms with van der Waals surface area (Å²) in [6.45, 7) is 3.43. The number of anilines is 1. The van der Waals surface area contributed by atoms with Crippen molar-refractivity contribution in [3.63, 3.8) is 0 Å². The number of benzene rings is 3. The van der Waals surface area contributed by atoms with E-state index in [0.717, 1.165) is 45.2 Å². The Labute approximate surface area is 276 Å². The smallest absolute Gasteiger partial charge is 0.319 e. The third-order valence-electron chi connectivity index (χ3n) is 11.0. The third-order valence-corrected chi connectivity index (χ3v) is 11.0. The van der Waals surface area contributed by atoms with Crippen molar-refractivity contribution in [2.75, 3.05) is 44.3 Å². The number of alkyl halides is 1. The number of hydrogen-bond acceptors (Lipinski definition) is 8. The fourth-order valence-electron chi connectivity index (χ4n) is 8.44. The van der Waals surface area contributed by atoms with Crippen LogP contribution in [0.1, 0.15) is 44.1 Å². The Morgan fingerprint density at radius 2 is 1.96 bits per heavy atom. The fraction of sp³-hybridized carbons (Fsp3) is 0.459. The number of nitrogens with one attached hydrogen (secondary N) is 1. The number of aromatic hydroxyl groups is 1. The summed E-state index contributed by atoms with van der Waals surface area (Å²) in [5.74, 6) is 1.96. The predicted molar refractivity (Wildman–Crippen MR) is 176 cm³/mol. The van der Waals surface area contributed by atoms with E-state index < -0.39 is 17.8 Å². The Morgan fingerprint density at radius 3 is 2.77 bits per heavy atom. The molecule has 1 aromatic heterocycles. The van der Waals surface area contributed by atoms with Gasteiger partial charge in [-0.1, -0.05) is 12.0 Å². The molecule has 1 saturated carbocycles. The van der Waals surface area contributed by atoms with Gasteiger partial charge in [0, 0.05) is 48.1 Å². The topological polar surface area (TPSA) is 83.0 Å². The van der Waals surface area contributed by atoms with E-state index in [1.54, 1.807) is 6.07 Å². The number of terminal acetylenes is 1. The first kappa shape index (κ1) is 29.8. The molecular formula is C37H36F3N5O3. The first-order chi connectivity index (χ1) is 23.3. The number of aromatic nitrogens is 2. The molecule has 248 valence electrons. The normalized spacial score (nSPS) is 25.8. The van der Waals surface area contributed by atoms with Crippen molar-refractivity contribution in [1.29, 1.82) is 0 Å². The van der Waals surface area contributed by atoms with Crippen LogP contribution in [0.15, 0.2) is 30.3 Å². The molecule has 11 heteroatoms. The number of ether oxygens (including phenoxy) is 2. The average Bonchev–Trinajstić information content (AvgIpc) is 3.76. The SMILES string of the molecule is C#Cc1c(F)ccc2cc(O)cc(-c3cc4c5c(nc(OCC6(CN7CCC[C@@H](F)C7)CC6)nc5c3F)N3C[C@H]5CC[C@H](N5)[C@H]3CO4)c12. The van der Waals surface area contributed by atoms with Crippen LogP contribution in [0.3, 0.4) is 0 Å². The number of piperazine rings is 1. The van der Waals surface area contributed by atoms with E-state index in [9.17, 15) is 13.9 Å². The number of halogens is 3. The van der Waals surface area contributed by atoms with Gasteiger partial charge in [0.2, 0.25) is 0 Å². The standard InChI is InChI=1S/C37H36F3N5O3/c1-2-24-27(39)7-5-20-12-23(46)13-25(31(20)24)26-14-30-32-34(33(26)40)42-36(48-19-37(9-10-37)18-44-11-3-4-21(38)15-44)43-35(32)45-16-22-6-8-28(41-22)29(45)17-47-30/h1,5,7,12-14,21-22,28-29,41,46H,3-4,6,8-11,15-19H2/t21-,22-,28+,29-/m1/s1. The Kier molecular flexibility index (Phi) is 6.92. The van der Waals surface area contributed by atoms with E-state index in [1.807, 2.05) is 0 Å². The molecule has 0 unspecified atom stereocenters. The van der Waals surface area contributed by atoms with E-state index >= 15 is 4.39 Å². The molecule has 48 heavy (non-hydrogen) atoms. The molecule has 0 spiro atoms. The van der Waals surface area contributed by atoms with Crippen molar-refractivity contribution in [3.05, 3.63) is 47.5 Å². The highest BCUT2D eigenvalue weighted by Crippen LogP contribution is 2.49. The van der Waals surface area contributed by atoms with Crippen molar-refractivity contribution in [1.82, 2.24) is 20.2 Å². The highest BCUT2D eigenvalue weighted by Gasteiger charge is 2.47. The lowest BCUT2D eigenvalue weighted by molar-refractivity contribution is 0.0974. The lowest BCUT2D eigenvalue weighted by Crippen LogP contribution is -2.60. The van der Waals surface area contributed by atoms with Crippen molar-refractivity contribution in [3.8, 4) is 41.0 Å². The maximum Gasteiger partial charge on any atom is 0.319 e. The van der Waals surface area contributed by atoms with Crippen LogP contribution in [0.25, 0.3) is 32.8 Å². The molecular weight excluding hydrogens is 619 g/mol. The molecule has 4 fully saturated rings. The van der Waals surface area contributed by atoms with E-state index in [4.69, 9.17) is 20.9 Å². The summed E-state index contributed by atoms with van der Waals surface area (Å²) >= 11 is 0. The molecule has 5 aliphatic rings. The minimum atomic E-state index is -0.802. The minimum Gasteiger partial charge on any atom is -0.508 e. The van der Waals surface area contributed by atoms with Crippen molar-refractivity contribution < 1.29 is 27.8 Å². The van der Waals surface area contributed by atoms with E-state index in [2.05, 4.69) is 26.0 Å². The summed E-state index contributed by atoms with van der Waals surface area (Å²) in [6, 6.07) is 7.69. The van der Waals surface area contributed by atoms with Crippen LogP contribution in [0.4, 0.5) is 19.0 Å². The van der Waals surface area contributed by atoms with Crippen molar-refractivity contribution in [2.24, 2.45) is 5.41 Å². The van der Waals surface area contributed by atoms with Crippen LogP contribution in [0.5, 0.6) is 17.5 Å². The van der Waals surface area contributed by atoms with Gasteiger partial charge in [0.05, 0.1) is 23.6 Å². The molecule has 0 radical (unpaired) electrons. The Hall–Kier alpha value is -4.27. The molecule has 2 N–H and O–H groups in total. The Morgan fingerprint density at radius 1 is 1.08 bits per heavy atom. The quantitative estimate of drug-likeness (QED) is 0.256. The van der Waals surface area contributed by atoms with Gasteiger partial charge in [-0.05, 0) is 80.3 Å². The largest absolute Gasteiger partial charge is 0.508 e. The molecule has 1 aliphatic carbocycles. The molecule has 5 heterocycles. The molecule has 4 aromatic rings. The second kappa shape index (κ2) is 11.1. The zero-order valence-electron chi connectivity index (χ0n) is 26.4. The molecule has 0 amide bonds. The molecule has 4 atom stereocenters. The Bertz CT molecular complexity index is 2010. The molecule has 4 aliphatic heterocycles. The fourth-order valence-corrected chi connectivity index (χ4v) is 8.44. The second-order valence-corrected chi connectivity index (χ2v) is 14.3. The number of piperidine rings is 1. The number of rotatable bonds is 6. The number of fused-ring (bicyclic) bond motifs is 6. The zero-order valence-corrected chi connectivity index (χ0v) is 26.4. The van der Waals surface area contributed by atoms with Gasteiger partial charge in [-0.25, -0.2) is 13.2 Å². The number of nitrogens with zero attached hydrogens (tertiary/aromatic N) is 4. The lowest BCUT2D eigenvalue weighted by Gasteiger charge is -2.40. The van der Waals surface area contributed by atoms with Gasteiger partial charge < -0.3 is 24.8 Å². The van der Waals surface area contributed by atoms with Crippen LogP contribution in [0.2, 0.25) is 0 Å². The van der Waals surface area contributed by atoms with Gasteiger partial charge in [0.1, 0.15) is 41.4 Å². The van der Waals surface area contributed by atoms with Gasteiger partial charge in [0.25, 0.3) is 0 Å². The molecule has 3 saturated heterocycles. The monoisotopic (exact) mass is 655 g/mol. The average molecular weight is 656 g/mol. The molecule has 8 nitrogen and oxygen atoms in total. The summed E-state index contributed by atoms with van der Waals surface area (Å²) in [6.07, 6.45) is 10.4. The third kappa shape index (κ3) is 4.91. The lowest BCUT2D eigenvalue weighted by atomic mass is 9.92. The second-order valence-electron chi connectivity index (χ2n) is 14.3. The van der Waals surface area contributed by atoms with Gasteiger partial charge in [-0.2, -0.15) is 9.97 Å². The van der Waals surface area contributed by atoms with Gasteiger partial charge in [-0.15, -0.1) is 6.42 Å². The van der Waals surface area contributed by atoms with Gasteiger partial charge in [-0.3, -0.25) is 4.90 Å². The number of hydrogen-bond donors (Lipinski definition) is 2. The maximum absolute atomic E-state index is 17.1. The summed E-state index contributed by atoms with van der Waals surface area (Å²) in [5.41, 5.74) is 0.172. The van der Waals surface area contributed by atoms with Gasteiger partial charge in [0.15, 0.2) is 5.82 Å². The van der Waals surface area contributed by atoms with E-state index in [0.29, 0.717) is 60.5 Å². The predicted octanol–water partition coefficient (Wildman–Crippen LogP) is 5.71. The van der Waals surface area contributed by atoms with Crippen molar-refractivity contribution in [2.45, 2.75) is 62.8 Å². The first-order valence-electron chi connectivity index (χ1n) is 16.9. The number of likely N-dealkylation sites (tertiary alicyclic amines) is 1. The maximum atomic E-state index is 17.1. The minimum absolute atomic E-state index is 0.0188. The van der Waals surface area contributed by atoms with Crippen LogP contribution < -0.4 is 19.7 Å².